The summed E-state index contributed by atoms with van der Waals surface area (Å²) in [5, 5.41) is 17.4. The summed E-state index contributed by atoms with van der Waals surface area (Å²) in [4.78, 5) is 8.24. The number of aryl methyl sites for hydroxylation is 1. The number of hydrogen-bond acceptors (Lipinski definition) is 4. The van der Waals surface area contributed by atoms with Gasteiger partial charge in [-0.1, -0.05) is 6.42 Å². The summed E-state index contributed by atoms with van der Waals surface area (Å²) < 4.78 is 2.06. The molecular weight excluding hydrogens is 205 g/mol. The van der Waals surface area contributed by atoms with Crippen molar-refractivity contribution in [3.05, 3.63) is 24.8 Å². The highest BCUT2D eigenvalue weighted by atomic mass is 16.4. The fraction of sp³-hybridized carbons (Fsp3) is 0.400. The Morgan fingerprint density at radius 2 is 2.19 bits per heavy atom. The van der Waals surface area contributed by atoms with Crippen LogP contribution in [-0.2, 0) is 6.54 Å². The maximum absolute atomic E-state index is 8.71. The number of aromatic nitrogens is 3. The average Bonchev–Trinajstić information content (AvgIpc) is 2.68. The minimum atomic E-state index is -1.19. The highest BCUT2D eigenvalue weighted by Gasteiger charge is 2.06. The molecule has 0 amide bonds. The lowest BCUT2D eigenvalue weighted by molar-refractivity contribution is 0.401. The Kier molecular flexibility index (Phi) is 3.53. The van der Waals surface area contributed by atoms with E-state index in [1.165, 1.54) is 0 Å². The van der Waals surface area contributed by atoms with Crippen molar-refractivity contribution in [3.8, 4) is 0 Å². The highest BCUT2D eigenvalue weighted by molar-refractivity contribution is 6.40. The van der Waals surface area contributed by atoms with Crippen LogP contribution in [0.3, 0.4) is 0 Å². The molecule has 5 nitrogen and oxygen atoms in total. The van der Waals surface area contributed by atoms with Gasteiger partial charge in [0.1, 0.15) is 5.52 Å². The number of unbranched alkanes of at least 4 members (excludes halogenated alkanes) is 1. The summed E-state index contributed by atoms with van der Waals surface area (Å²) in [5.41, 5.74) is 1.96. The molecule has 0 radical (unpaired) electrons. The van der Waals surface area contributed by atoms with Gasteiger partial charge < -0.3 is 14.6 Å². The molecule has 0 saturated carbocycles. The van der Waals surface area contributed by atoms with Gasteiger partial charge in [-0.3, -0.25) is 4.98 Å². The molecule has 2 heterocycles. The number of nitrogens with zero attached hydrogens (tertiary/aromatic N) is 3. The van der Waals surface area contributed by atoms with Crippen LogP contribution in [0.2, 0.25) is 6.32 Å². The van der Waals surface area contributed by atoms with Crippen LogP contribution in [0.1, 0.15) is 12.8 Å². The first-order valence-corrected chi connectivity index (χ1v) is 5.38. The quantitative estimate of drug-likeness (QED) is 0.573. The van der Waals surface area contributed by atoms with Crippen molar-refractivity contribution < 1.29 is 10.0 Å². The van der Waals surface area contributed by atoms with E-state index in [0.29, 0.717) is 6.32 Å². The number of rotatable bonds is 5. The van der Waals surface area contributed by atoms with E-state index in [0.717, 1.165) is 30.4 Å². The van der Waals surface area contributed by atoms with Gasteiger partial charge in [0.2, 0.25) is 0 Å². The first-order chi connectivity index (χ1) is 7.77. The molecule has 0 aliphatic carbocycles. The van der Waals surface area contributed by atoms with Gasteiger partial charge in [0.15, 0.2) is 0 Å². The molecule has 2 N–H and O–H groups in total. The topological polar surface area (TPSA) is 71.2 Å². The lowest BCUT2D eigenvalue weighted by atomic mass is 9.84. The van der Waals surface area contributed by atoms with E-state index >= 15 is 0 Å². The Morgan fingerprint density at radius 1 is 1.31 bits per heavy atom. The lowest BCUT2D eigenvalue weighted by Crippen LogP contribution is -2.10. The molecule has 0 aromatic carbocycles. The molecule has 0 aliphatic rings. The van der Waals surface area contributed by atoms with Crippen LogP contribution in [0.5, 0.6) is 0 Å². The summed E-state index contributed by atoms with van der Waals surface area (Å²) in [6, 6.07) is 1.93. The van der Waals surface area contributed by atoms with Crippen LogP contribution in [0.4, 0.5) is 0 Å². The van der Waals surface area contributed by atoms with Crippen LogP contribution in [-0.4, -0.2) is 31.7 Å². The zero-order valence-electron chi connectivity index (χ0n) is 8.95. The maximum atomic E-state index is 8.71. The normalized spacial score (nSPS) is 10.9. The number of hydrogen-bond donors (Lipinski definition) is 2. The van der Waals surface area contributed by atoms with E-state index in [-0.39, 0.29) is 0 Å². The fourth-order valence-electron chi connectivity index (χ4n) is 1.70. The monoisotopic (exact) mass is 219 g/mol. The SMILES string of the molecule is OB(O)CCCCn1cnc2cnccc21. The van der Waals surface area contributed by atoms with Crippen LogP contribution in [0.25, 0.3) is 11.0 Å². The smallest absolute Gasteiger partial charge is 0.427 e. The highest BCUT2D eigenvalue weighted by Crippen LogP contribution is 2.11. The minimum absolute atomic E-state index is 0.425. The van der Waals surface area contributed by atoms with E-state index < -0.39 is 7.12 Å². The molecule has 16 heavy (non-hydrogen) atoms. The van der Waals surface area contributed by atoms with Gasteiger partial charge in [-0.25, -0.2) is 4.98 Å². The van der Waals surface area contributed by atoms with Gasteiger partial charge >= 0.3 is 7.12 Å². The van der Waals surface area contributed by atoms with Crippen molar-refractivity contribution in [1.82, 2.24) is 14.5 Å². The van der Waals surface area contributed by atoms with E-state index in [9.17, 15) is 0 Å². The molecule has 0 fully saturated rings. The molecule has 0 unspecified atom stereocenters. The molecule has 2 aromatic heterocycles. The summed E-state index contributed by atoms with van der Waals surface area (Å²) in [5.74, 6) is 0. The molecule has 2 aromatic rings. The van der Waals surface area contributed by atoms with Crippen molar-refractivity contribution in [1.29, 1.82) is 0 Å². The summed E-state index contributed by atoms with van der Waals surface area (Å²) in [6.07, 6.45) is 7.41. The Morgan fingerprint density at radius 3 is 3.00 bits per heavy atom. The zero-order chi connectivity index (χ0) is 11.4. The van der Waals surface area contributed by atoms with Gasteiger partial charge in [-0.2, -0.15) is 0 Å². The van der Waals surface area contributed by atoms with Gasteiger partial charge in [0, 0.05) is 12.7 Å². The second-order valence-corrected chi connectivity index (χ2v) is 3.78. The van der Waals surface area contributed by atoms with Gasteiger partial charge in [0.05, 0.1) is 18.0 Å². The summed E-state index contributed by atoms with van der Waals surface area (Å²) >= 11 is 0. The van der Waals surface area contributed by atoms with Crippen LogP contribution in [0.15, 0.2) is 24.8 Å². The maximum Gasteiger partial charge on any atom is 0.451 e. The third-order valence-electron chi connectivity index (χ3n) is 2.53. The largest absolute Gasteiger partial charge is 0.451 e. The molecule has 84 valence electrons. The average molecular weight is 219 g/mol. The van der Waals surface area contributed by atoms with Crippen molar-refractivity contribution in [2.75, 3.05) is 0 Å². The van der Waals surface area contributed by atoms with Crippen molar-refractivity contribution in [2.24, 2.45) is 0 Å². The molecule has 0 saturated heterocycles. The molecule has 0 aliphatic heterocycles. The second kappa shape index (κ2) is 5.09. The third-order valence-corrected chi connectivity index (χ3v) is 2.53. The van der Waals surface area contributed by atoms with E-state index in [2.05, 4.69) is 14.5 Å². The molecule has 2 rings (SSSR count). The molecule has 0 bridgehead atoms. The Balaban J connectivity index is 1.94. The molecule has 0 atom stereocenters. The fourth-order valence-corrected chi connectivity index (χ4v) is 1.70. The summed E-state index contributed by atoms with van der Waals surface area (Å²) in [6.45, 7) is 0.841. The lowest BCUT2D eigenvalue weighted by Gasteiger charge is -2.03. The van der Waals surface area contributed by atoms with Crippen LogP contribution in [0, 0.1) is 0 Å². The van der Waals surface area contributed by atoms with Gasteiger partial charge in [-0.05, 0) is 18.8 Å². The van der Waals surface area contributed by atoms with Gasteiger partial charge in [0.25, 0.3) is 0 Å². The standard InChI is InChI=1S/C10H14BN3O2/c15-11(16)4-1-2-6-14-8-13-9-7-12-5-3-10(9)14/h3,5,7-8,15-16H,1-2,4,6H2. The molecular formula is C10H14BN3O2. The van der Waals surface area contributed by atoms with E-state index in [4.69, 9.17) is 10.0 Å². The Labute approximate surface area is 93.9 Å². The zero-order valence-corrected chi connectivity index (χ0v) is 8.95. The first-order valence-electron chi connectivity index (χ1n) is 5.38. The predicted molar refractivity (Wildman–Crippen MR) is 61.8 cm³/mol. The van der Waals surface area contributed by atoms with Crippen molar-refractivity contribution >= 4 is 18.2 Å². The van der Waals surface area contributed by atoms with Crippen molar-refractivity contribution in [2.45, 2.75) is 25.7 Å². The van der Waals surface area contributed by atoms with Gasteiger partial charge in [-0.15, -0.1) is 0 Å². The Bertz CT molecular complexity index is 458. The molecule has 0 spiro atoms. The minimum Gasteiger partial charge on any atom is -0.427 e. The second-order valence-electron chi connectivity index (χ2n) is 3.78. The van der Waals surface area contributed by atoms with Crippen molar-refractivity contribution in [3.63, 3.8) is 0 Å². The summed E-state index contributed by atoms with van der Waals surface area (Å²) in [7, 11) is -1.19. The number of imidazole rings is 1. The molecule has 6 heteroatoms. The predicted octanol–water partition coefficient (Wildman–Crippen LogP) is 0.684. The van der Waals surface area contributed by atoms with E-state index in [1.807, 2.05) is 6.07 Å². The third kappa shape index (κ3) is 2.59. The van der Waals surface area contributed by atoms with Crippen LogP contribution >= 0.6 is 0 Å². The number of fused-ring (bicyclic) bond motifs is 1. The first kappa shape index (κ1) is 11.1. The Hall–Kier alpha value is -1.40. The number of pyridine rings is 1. The van der Waals surface area contributed by atoms with Crippen LogP contribution < -0.4 is 0 Å². The van der Waals surface area contributed by atoms with E-state index in [1.54, 1.807) is 18.7 Å².